The van der Waals surface area contributed by atoms with E-state index >= 15 is 0 Å². The largest absolute Gasteiger partial charge is 0.185 e. The van der Waals surface area contributed by atoms with Crippen molar-refractivity contribution in [1.29, 1.82) is 0 Å². The third-order valence-electron chi connectivity index (χ3n) is 3.71. The molecular weight excluding hydrogens is 647 g/mol. The van der Waals surface area contributed by atoms with Crippen molar-refractivity contribution in [2.45, 2.75) is 51.1 Å². The predicted molar refractivity (Wildman–Crippen MR) is 91.5 cm³/mol. The molecule has 1 aromatic rings. The minimum Gasteiger partial charge on any atom is -0.185 e. The Balaban J connectivity index is 0.000000148. The van der Waals surface area contributed by atoms with Crippen LogP contribution in [-0.2, 0) is 32.9 Å². The van der Waals surface area contributed by atoms with Gasteiger partial charge in [0, 0.05) is 51.8 Å². The Hall–Kier alpha value is 1.32. The molecule has 2 fully saturated rings. The van der Waals surface area contributed by atoms with Crippen LogP contribution in [0, 0.1) is 9.72 Å². The Labute approximate surface area is 154 Å². The van der Waals surface area contributed by atoms with E-state index in [0.29, 0.717) is 0 Å². The van der Waals surface area contributed by atoms with Crippen LogP contribution in [0.4, 0.5) is 0 Å². The summed E-state index contributed by atoms with van der Waals surface area (Å²) < 4.78 is 8.10. The topological polar surface area (TPSA) is 13.1 Å². The van der Waals surface area contributed by atoms with Gasteiger partial charge in [0.25, 0.3) is 0 Å². The molecule has 112 valence electrons. The summed E-state index contributed by atoms with van der Waals surface area (Å²) in [5.74, 6) is 0.969. The van der Waals surface area contributed by atoms with E-state index in [-0.39, 0.29) is 0 Å². The minimum atomic E-state index is 0.871. The van der Waals surface area contributed by atoms with Crippen molar-refractivity contribution in [2.75, 3.05) is 0 Å². The number of rotatable bonds is 3. The van der Waals surface area contributed by atoms with Crippen molar-refractivity contribution in [2.24, 2.45) is 13.0 Å². The van der Waals surface area contributed by atoms with Gasteiger partial charge >= 0.3 is 77.0 Å². The number of aryl methyl sites for hydroxylation is 1. The van der Waals surface area contributed by atoms with E-state index < -0.39 is 0 Å². The average Bonchev–Trinajstić information content (AvgIpc) is 2.91. The van der Waals surface area contributed by atoms with Gasteiger partial charge < -0.3 is 0 Å². The molecule has 3 nitrogen and oxygen atoms in total. The molecule has 0 unspecified atom stereocenters. The molecule has 0 bridgehead atoms. The summed E-state index contributed by atoms with van der Waals surface area (Å²) in [7, 11) is 2.09. The van der Waals surface area contributed by atoms with E-state index in [1.54, 1.807) is 0 Å². The standard InChI is InChI=1S/C8H12N2.C5H9I2N.Pt/c1-9-4-5-10(7-9)6-8-2-3-8;6-8(7)5-3-1-2-4-5;/h4-5,8H,2-3,6H2,1H3;5H,1-4H2;. The summed E-state index contributed by atoms with van der Waals surface area (Å²) in [6.45, 7) is 1.22. The molecule has 19 heavy (non-hydrogen) atoms. The summed E-state index contributed by atoms with van der Waals surface area (Å²) >= 11 is 7.10. The van der Waals surface area contributed by atoms with Crippen molar-refractivity contribution in [1.82, 2.24) is 10.5 Å². The number of nitrogens with zero attached hydrogens (tertiary/aromatic N) is 3. The number of hydrogen-bond donors (Lipinski definition) is 0. The number of halogens is 2. The molecule has 0 aromatic carbocycles. The fourth-order valence-corrected chi connectivity index (χ4v) is 3.97. The van der Waals surface area contributed by atoms with E-state index in [4.69, 9.17) is 0 Å². The first-order chi connectivity index (χ1) is 9.08. The molecule has 2 aliphatic carbocycles. The summed E-state index contributed by atoms with van der Waals surface area (Å²) in [6, 6.07) is 0.871. The molecule has 1 aromatic heterocycles. The summed E-state index contributed by atoms with van der Waals surface area (Å²) in [5, 5.41) is 0. The van der Waals surface area contributed by atoms with Crippen LogP contribution in [0.5, 0.6) is 0 Å². The summed E-state index contributed by atoms with van der Waals surface area (Å²) in [6.07, 6.45) is 12.8. The second-order valence-corrected chi connectivity index (χ2v) is 10.4. The summed E-state index contributed by atoms with van der Waals surface area (Å²) in [5.41, 5.74) is 0. The fourth-order valence-electron chi connectivity index (χ4n) is 2.31. The average molecular weight is 668 g/mol. The maximum absolute atomic E-state index is 2.37. The maximum Gasteiger partial charge on any atom is 0.0311 e. The molecule has 2 saturated carbocycles. The second-order valence-electron chi connectivity index (χ2n) is 5.44. The normalized spacial score (nSPS) is 19.7. The van der Waals surface area contributed by atoms with Crippen LogP contribution in [0.25, 0.3) is 0 Å². The van der Waals surface area contributed by atoms with E-state index in [9.17, 15) is 0 Å². The van der Waals surface area contributed by atoms with Gasteiger partial charge in [0.15, 0.2) is 0 Å². The number of hydrogen-bond acceptors (Lipinski definition) is 1. The fraction of sp³-hybridized carbons (Fsp3) is 0.769. The molecule has 0 saturated heterocycles. The monoisotopic (exact) mass is 668 g/mol. The van der Waals surface area contributed by atoms with Crippen molar-refractivity contribution >= 4 is 45.7 Å². The van der Waals surface area contributed by atoms with Crippen LogP contribution in [0.3, 0.4) is 0 Å². The molecule has 6 heteroatoms. The molecule has 3 rings (SSSR count). The van der Waals surface area contributed by atoms with Crippen LogP contribution in [0.1, 0.15) is 38.5 Å². The third kappa shape index (κ3) is 5.55. The van der Waals surface area contributed by atoms with Gasteiger partial charge in [-0.2, -0.15) is 1.33 Å². The van der Waals surface area contributed by atoms with E-state index in [0.717, 1.165) is 12.0 Å². The first-order valence-electron chi connectivity index (χ1n) is 6.86. The van der Waals surface area contributed by atoms with E-state index in [2.05, 4.69) is 95.0 Å². The molecule has 0 aliphatic heterocycles. The molecule has 0 spiro atoms. The van der Waals surface area contributed by atoms with Crippen molar-refractivity contribution < 1.29 is 19.4 Å². The van der Waals surface area contributed by atoms with E-state index in [1.807, 2.05) is 0 Å². The zero-order chi connectivity index (χ0) is 13.8. The smallest absolute Gasteiger partial charge is 0.0311 e. The first-order valence-corrected chi connectivity index (χ1v) is 9.92. The molecule has 1 heterocycles. The van der Waals surface area contributed by atoms with Crippen LogP contribution >= 0.6 is 45.7 Å². The van der Waals surface area contributed by atoms with Crippen molar-refractivity contribution in [3.63, 3.8) is 0 Å². The Bertz CT molecular complexity index is 445. The second kappa shape index (κ2) is 8.08. The van der Waals surface area contributed by atoms with Gasteiger partial charge in [0.2, 0.25) is 0 Å². The Kier molecular flexibility index (Phi) is 7.10. The van der Waals surface area contributed by atoms with Crippen molar-refractivity contribution in [3.05, 3.63) is 16.2 Å². The van der Waals surface area contributed by atoms with Crippen LogP contribution in [0.15, 0.2) is 12.4 Å². The van der Waals surface area contributed by atoms with Gasteiger partial charge in [-0.3, -0.25) is 0 Å². The summed E-state index contributed by atoms with van der Waals surface area (Å²) in [4.78, 5) is 0. The Morgan fingerprint density at radius 2 is 1.84 bits per heavy atom. The van der Waals surface area contributed by atoms with E-state index in [1.165, 1.54) is 48.9 Å². The molecule has 0 N–H and O–H groups in total. The first kappa shape index (κ1) is 16.7. The van der Waals surface area contributed by atoms with Crippen LogP contribution < -0.4 is 0 Å². The maximum atomic E-state index is 2.37. The third-order valence-corrected chi connectivity index (χ3v) is 6.74. The number of imidazole rings is 1. The molecule has 0 amide bonds. The minimum absolute atomic E-state index is 0.871. The number of aromatic nitrogens is 2. The van der Waals surface area contributed by atoms with Gasteiger partial charge in [-0.05, 0) is 12.8 Å². The van der Waals surface area contributed by atoms with Gasteiger partial charge in [-0.1, -0.05) is 12.8 Å². The Morgan fingerprint density at radius 3 is 2.21 bits per heavy atom. The molecule has 0 atom stereocenters. The molecular formula is C13H21I2N3Pt. The van der Waals surface area contributed by atoms with Crippen LogP contribution in [-0.4, -0.2) is 16.5 Å². The Morgan fingerprint density at radius 1 is 1.21 bits per heavy atom. The van der Waals surface area contributed by atoms with Gasteiger partial charge in [0.05, 0.1) is 0 Å². The molecule has 2 aliphatic rings. The van der Waals surface area contributed by atoms with Crippen molar-refractivity contribution in [3.8, 4) is 0 Å². The zero-order valence-electron chi connectivity index (χ0n) is 11.2. The molecule has 0 radical (unpaired) electrons. The van der Waals surface area contributed by atoms with Gasteiger partial charge in [-0.25, -0.2) is 0 Å². The van der Waals surface area contributed by atoms with Gasteiger partial charge in [-0.15, -0.1) is 0 Å². The SMILES string of the molecule is Cn1ccn(CC2CC2)[c]1=[Pt].IN(I)C1CCCC1. The van der Waals surface area contributed by atoms with Crippen LogP contribution in [0.2, 0.25) is 0 Å². The quantitative estimate of drug-likeness (QED) is 0.347. The van der Waals surface area contributed by atoms with Gasteiger partial charge in [0.1, 0.15) is 0 Å². The zero-order valence-corrected chi connectivity index (χ0v) is 17.8. The predicted octanol–water partition coefficient (Wildman–Crippen LogP) is 4.25.